The predicted molar refractivity (Wildman–Crippen MR) is 162 cm³/mol. The van der Waals surface area contributed by atoms with Gasteiger partial charge in [-0.25, -0.2) is 0 Å². The van der Waals surface area contributed by atoms with E-state index >= 15 is 0 Å². The summed E-state index contributed by atoms with van der Waals surface area (Å²) in [6, 6.07) is 18.2. The summed E-state index contributed by atoms with van der Waals surface area (Å²) in [5.74, 6) is -0.156. The third kappa shape index (κ3) is 5.76. The quantitative estimate of drug-likeness (QED) is 0.224. The number of alkyl halides is 3. The Morgan fingerprint density at radius 1 is 1.02 bits per heavy atom. The van der Waals surface area contributed by atoms with Gasteiger partial charge < -0.3 is 20.1 Å². The van der Waals surface area contributed by atoms with Crippen LogP contribution in [0.3, 0.4) is 0 Å². The van der Waals surface area contributed by atoms with E-state index in [2.05, 4.69) is 15.6 Å². The average molecular weight is 592 g/mol. The summed E-state index contributed by atoms with van der Waals surface area (Å²) >= 11 is 5.76. The summed E-state index contributed by atoms with van der Waals surface area (Å²) in [5.41, 5.74) is 4.99. The van der Waals surface area contributed by atoms with E-state index in [1.807, 2.05) is 68.1 Å². The molecule has 6 nitrogen and oxygen atoms in total. The van der Waals surface area contributed by atoms with Crippen LogP contribution < -0.4 is 10.6 Å². The summed E-state index contributed by atoms with van der Waals surface area (Å²) in [5, 5.41) is 6.82. The van der Waals surface area contributed by atoms with E-state index in [4.69, 9.17) is 12.2 Å². The van der Waals surface area contributed by atoms with Gasteiger partial charge in [0.2, 0.25) is 5.91 Å². The van der Waals surface area contributed by atoms with Gasteiger partial charge in [-0.3, -0.25) is 9.78 Å². The number of para-hydroxylation sites is 1. The molecular weight excluding hydrogens is 559 g/mol. The number of nitrogens with one attached hydrogen (secondary N) is 2. The number of halogens is 3. The van der Waals surface area contributed by atoms with Gasteiger partial charge in [0, 0.05) is 36.2 Å². The normalized spacial score (nSPS) is 16.9. The molecule has 0 unspecified atom stereocenters. The van der Waals surface area contributed by atoms with Gasteiger partial charge in [0.15, 0.2) is 5.11 Å². The van der Waals surface area contributed by atoms with Crippen molar-refractivity contribution < 1.29 is 18.0 Å². The van der Waals surface area contributed by atoms with E-state index in [0.717, 1.165) is 34.1 Å². The minimum Gasteiger partial charge on any atom is -0.352 e. The zero-order valence-electron chi connectivity index (χ0n) is 23.8. The number of hydrogen-bond donors (Lipinski definition) is 2. The van der Waals surface area contributed by atoms with Gasteiger partial charge in [-0.2, -0.15) is 13.2 Å². The lowest BCUT2D eigenvalue weighted by molar-refractivity contribution is -0.137. The van der Waals surface area contributed by atoms with Crippen molar-refractivity contribution >= 4 is 28.9 Å². The molecule has 1 aliphatic rings. The van der Waals surface area contributed by atoms with Crippen LogP contribution >= 0.6 is 12.2 Å². The molecule has 4 aromatic rings. The van der Waals surface area contributed by atoms with E-state index in [-0.39, 0.29) is 24.1 Å². The molecule has 218 valence electrons. The van der Waals surface area contributed by atoms with Crippen LogP contribution in [0.15, 0.2) is 72.9 Å². The van der Waals surface area contributed by atoms with Crippen LogP contribution in [-0.4, -0.2) is 32.0 Å². The fourth-order valence-corrected chi connectivity index (χ4v) is 5.99. The van der Waals surface area contributed by atoms with E-state index in [1.54, 1.807) is 23.8 Å². The van der Waals surface area contributed by atoms with Crippen LogP contribution in [0.25, 0.3) is 5.69 Å². The van der Waals surface area contributed by atoms with Crippen LogP contribution in [-0.2, 0) is 11.0 Å². The number of benzene rings is 2. The molecule has 0 aliphatic carbocycles. The highest BCUT2D eigenvalue weighted by Gasteiger charge is 2.42. The maximum Gasteiger partial charge on any atom is 0.418 e. The second-order valence-corrected chi connectivity index (χ2v) is 11.0. The summed E-state index contributed by atoms with van der Waals surface area (Å²) in [7, 11) is 0. The minimum absolute atomic E-state index is 0.0635. The van der Waals surface area contributed by atoms with Crippen molar-refractivity contribution in [3.05, 3.63) is 112 Å². The third-order valence-electron chi connectivity index (χ3n) is 7.68. The molecule has 5 rings (SSSR count). The predicted octanol–water partition coefficient (Wildman–Crippen LogP) is 7.13. The first-order valence-electron chi connectivity index (χ1n) is 13.7. The highest BCUT2D eigenvalue weighted by Crippen LogP contribution is 2.42. The minimum atomic E-state index is -4.51. The molecule has 1 saturated heterocycles. The van der Waals surface area contributed by atoms with Gasteiger partial charge in [-0.1, -0.05) is 30.3 Å². The molecule has 2 aromatic heterocycles. The van der Waals surface area contributed by atoms with Crippen molar-refractivity contribution in [3.63, 3.8) is 0 Å². The molecule has 42 heavy (non-hydrogen) atoms. The first kappa shape index (κ1) is 29.3. The van der Waals surface area contributed by atoms with Gasteiger partial charge >= 0.3 is 6.18 Å². The summed E-state index contributed by atoms with van der Waals surface area (Å²) < 4.78 is 43.6. The molecule has 3 heterocycles. The molecule has 0 saturated carbocycles. The topological polar surface area (TPSA) is 62.2 Å². The Morgan fingerprint density at radius 2 is 1.76 bits per heavy atom. The highest BCUT2D eigenvalue weighted by atomic mass is 32.1. The summed E-state index contributed by atoms with van der Waals surface area (Å²) in [4.78, 5) is 19.5. The summed E-state index contributed by atoms with van der Waals surface area (Å²) in [6.07, 6.45) is -2.65. The Hall–Kier alpha value is -4.18. The molecule has 0 spiro atoms. The number of aromatic nitrogens is 2. The SMILES string of the molecule is Cc1ccc(C)c(NC(=O)CCN2C(=S)N[C@@H](c3ccccn3)[C@H]2c2cc(C)n(-c3ccccc3C(F)(F)F)c2C)c1. The molecule has 2 aromatic carbocycles. The number of hydrogen-bond acceptors (Lipinski definition) is 3. The fourth-order valence-electron chi connectivity index (χ4n) is 5.66. The van der Waals surface area contributed by atoms with Crippen molar-refractivity contribution in [2.45, 2.75) is 52.4 Å². The van der Waals surface area contributed by atoms with Crippen molar-refractivity contribution in [1.82, 2.24) is 19.8 Å². The Kier molecular flexibility index (Phi) is 8.10. The number of amides is 1. The first-order valence-corrected chi connectivity index (χ1v) is 14.1. The number of thiocarbonyl (C=S) groups is 1. The molecule has 2 N–H and O–H groups in total. The number of rotatable bonds is 7. The maximum absolute atomic E-state index is 14.0. The fraction of sp³-hybridized carbons (Fsp3) is 0.281. The van der Waals surface area contributed by atoms with Crippen LogP contribution in [0.5, 0.6) is 0 Å². The number of nitrogens with zero attached hydrogens (tertiary/aromatic N) is 3. The molecule has 1 aliphatic heterocycles. The van der Waals surface area contributed by atoms with Crippen LogP contribution in [0.2, 0.25) is 0 Å². The zero-order valence-corrected chi connectivity index (χ0v) is 24.6. The van der Waals surface area contributed by atoms with Gasteiger partial charge in [-0.05, 0) is 93.0 Å². The molecule has 0 bridgehead atoms. The molecule has 1 amide bonds. The lowest BCUT2D eigenvalue weighted by atomic mass is 9.96. The van der Waals surface area contributed by atoms with Crippen molar-refractivity contribution in [2.24, 2.45) is 0 Å². The van der Waals surface area contributed by atoms with Gasteiger partial charge in [0.1, 0.15) is 0 Å². The van der Waals surface area contributed by atoms with E-state index in [9.17, 15) is 18.0 Å². The number of pyridine rings is 1. The smallest absolute Gasteiger partial charge is 0.352 e. The monoisotopic (exact) mass is 591 g/mol. The Balaban J connectivity index is 1.51. The molecule has 10 heteroatoms. The summed E-state index contributed by atoms with van der Waals surface area (Å²) in [6.45, 7) is 7.82. The Labute approximate surface area is 248 Å². The average Bonchev–Trinajstić information content (AvgIpc) is 3.43. The molecule has 1 fully saturated rings. The molecular formula is C32H32F3N5OS. The van der Waals surface area contributed by atoms with E-state index in [1.165, 1.54) is 12.1 Å². The van der Waals surface area contributed by atoms with Crippen molar-refractivity contribution in [2.75, 3.05) is 11.9 Å². The first-order chi connectivity index (χ1) is 20.0. The Morgan fingerprint density at radius 3 is 2.48 bits per heavy atom. The molecule has 0 radical (unpaired) electrons. The standard InChI is InChI=1S/C32H32F3N5OS/c1-19-12-13-20(2)26(17-19)37-28(41)14-16-39-30(29(38-31(39)42)25-10-7-8-15-36-25)23-18-21(3)40(22(23)4)27-11-6-5-9-24(27)32(33,34)35/h5-13,15,17-18,29-30H,14,16H2,1-4H3,(H,37,41)(H,38,42)/t29-,30+/m0/s1. The maximum atomic E-state index is 14.0. The number of anilines is 1. The molecule has 2 atom stereocenters. The number of carbonyl (C=O) groups is 1. The van der Waals surface area contributed by atoms with Gasteiger partial charge in [-0.15, -0.1) is 0 Å². The lowest BCUT2D eigenvalue weighted by Gasteiger charge is -2.28. The second-order valence-electron chi connectivity index (χ2n) is 10.6. The van der Waals surface area contributed by atoms with E-state index < -0.39 is 17.8 Å². The van der Waals surface area contributed by atoms with Gasteiger partial charge in [0.25, 0.3) is 0 Å². The largest absolute Gasteiger partial charge is 0.418 e. The van der Waals surface area contributed by atoms with Crippen LogP contribution in [0, 0.1) is 27.7 Å². The zero-order chi connectivity index (χ0) is 30.2. The highest BCUT2D eigenvalue weighted by molar-refractivity contribution is 7.80. The van der Waals surface area contributed by atoms with Gasteiger partial charge in [0.05, 0.1) is 29.0 Å². The third-order valence-corrected chi connectivity index (χ3v) is 8.04. The number of carbonyl (C=O) groups excluding carboxylic acids is 1. The Bertz CT molecular complexity index is 1630. The van der Waals surface area contributed by atoms with Crippen molar-refractivity contribution in [3.8, 4) is 5.69 Å². The lowest BCUT2D eigenvalue weighted by Crippen LogP contribution is -2.33. The van der Waals surface area contributed by atoms with Crippen LogP contribution in [0.4, 0.5) is 18.9 Å². The second kappa shape index (κ2) is 11.6. The van der Waals surface area contributed by atoms with E-state index in [0.29, 0.717) is 23.0 Å². The number of aryl methyl sites for hydroxylation is 3. The van der Waals surface area contributed by atoms with Crippen LogP contribution in [0.1, 0.15) is 57.8 Å². The van der Waals surface area contributed by atoms with Crippen molar-refractivity contribution in [1.29, 1.82) is 0 Å².